The van der Waals surface area contributed by atoms with Crippen LogP contribution in [0.25, 0.3) is 0 Å². The maximum Gasteiger partial charge on any atom is 0.0633 e. The molecule has 84 valence electrons. The van der Waals surface area contributed by atoms with Crippen LogP contribution in [0.4, 0.5) is 5.69 Å². The van der Waals surface area contributed by atoms with Crippen LogP contribution in [-0.4, -0.2) is 14.1 Å². The average Bonchev–Trinajstić information content (AvgIpc) is 2.30. The lowest BCUT2D eigenvalue weighted by Crippen LogP contribution is -2.34. The summed E-state index contributed by atoms with van der Waals surface area (Å²) in [6.07, 6.45) is 9.10. The highest BCUT2D eigenvalue weighted by atomic mass is 15.1. The van der Waals surface area contributed by atoms with Gasteiger partial charge in [0.25, 0.3) is 0 Å². The molecule has 2 nitrogen and oxygen atoms in total. The Hall–Kier alpha value is -1.54. The number of nitrogens with two attached hydrogens (primary N) is 1. The van der Waals surface area contributed by atoms with Crippen LogP contribution in [-0.2, 0) is 5.54 Å². The van der Waals surface area contributed by atoms with Gasteiger partial charge < -0.3 is 10.6 Å². The standard InChI is InChI=1S/C14H18N2/c1-16(2)13-8-6-12(7-9-13)14(15)10-4-3-5-11-14/h3-10H,11,15H2,1-2H3. The Morgan fingerprint density at radius 1 is 1.12 bits per heavy atom. The SMILES string of the molecule is CN(C)c1ccc(C2(N)C=CC=CC2)cc1. The van der Waals surface area contributed by atoms with Crippen LogP contribution >= 0.6 is 0 Å². The number of nitrogens with zero attached hydrogens (tertiary/aromatic N) is 1. The van der Waals surface area contributed by atoms with Crippen molar-refractivity contribution < 1.29 is 0 Å². The molecule has 0 heterocycles. The fourth-order valence-electron chi connectivity index (χ4n) is 1.92. The van der Waals surface area contributed by atoms with Crippen molar-refractivity contribution >= 4 is 5.69 Å². The van der Waals surface area contributed by atoms with Crippen LogP contribution in [0.2, 0.25) is 0 Å². The molecule has 1 aliphatic rings. The zero-order chi connectivity index (χ0) is 11.6. The highest BCUT2D eigenvalue weighted by Crippen LogP contribution is 2.28. The molecule has 0 radical (unpaired) electrons. The average molecular weight is 214 g/mol. The van der Waals surface area contributed by atoms with Crippen molar-refractivity contribution in [3.05, 3.63) is 54.1 Å². The largest absolute Gasteiger partial charge is 0.378 e. The summed E-state index contributed by atoms with van der Waals surface area (Å²) in [5.41, 5.74) is 8.38. The Labute approximate surface area is 97.1 Å². The summed E-state index contributed by atoms with van der Waals surface area (Å²) in [5.74, 6) is 0. The predicted octanol–water partition coefficient (Wildman–Crippen LogP) is 2.42. The van der Waals surface area contributed by atoms with Gasteiger partial charge >= 0.3 is 0 Å². The highest BCUT2D eigenvalue weighted by Gasteiger charge is 2.23. The molecule has 0 amide bonds. The molecule has 0 bridgehead atoms. The van der Waals surface area contributed by atoms with Crippen molar-refractivity contribution in [2.75, 3.05) is 19.0 Å². The van der Waals surface area contributed by atoms with Gasteiger partial charge in [0, 0.05) is 19.8 Å². The van der Waals surface area contributed by atoms with Gasteiger partial charge in [-0.05, 0) is 24.1 Å². The molecule has 0 spiro atoms. The summed E-state index contributed by atoms with van der Waals surface area (Å²) in [6.45, 7) is 0. The Morgan fingerprint density at radius 2 is 1.81 bits per heavy atom. The molecule has 1 unspecified atom stereocenters. The Morgan fingerprint density at radius 3 is 2.31 bits per heavy atom. The number of allylic oxidation sites excluding steroid dienone is 2. The first-order valence-corrected chi connectivity index (χ1v) is 5.53. The van der Waals surface area contributed by atoms with E-state index in [4.69, 9.17) is 5.73 Å². The molecule has 1 atom stereocenters. The van der Waals surface area contributed by atoms with Crippen LogP contribution in [0.5, 0.6) is 0 Å². The van der Waals surface area contributed by atoms with Crippen molar-refractivity contribution in [3.8, 4) is 0 Å². The fraction of sp³-hybridized carbons (Fsp3) is 0.286. The van der Waals surface area contributed by atoms with Gasteiger partial charge in [0.1, 0.15) is 0 Å². The van der Waals surface area contributed by atoms with E-state index >= 15 is 0 Å². The third kappa shape index (κ3) is 2.02. The minimum absolute atomic E-state index is 0.334. The molecule has 0 fully saturated rings. The molecule has 0 saturated heterocycles. The van der Waals surface area contributed by atoms with Crippen LogP contribution in [0.3, 0.4) is 0 Å². The van der Waals surface area contributed by atoms with Gasteiger partial charge in [-0.2, -0.15) is 0 Å². The van der Waals surface area contributed by atoms with Crippen molar-refractivity contribution in [1.29, 1.82) is 0 Å². The van der Waals surface area contributed by atoms with Gasteiger partial charge in [-0.3, -0.25) is 0 Å². The Balaban J connectivity index is 2.28. The van der Waals surface area contributed by atoms with E-state index in [0.717, 1.165) is 6.42 Å². The summed E-state index contributed by atoms with van der Waals surface area (Å²) in [6, 6.07) is 8.43. The minimum atomic E-state index is -0.334. The van der Waals surface area contributed by atoms with Gasteiger partial charge in [0.2, 0.25) is 0 Å². The lowest BCUT2D eigenvalue weighted by molar-refractivity contribution is 0.565. The third-order valence-electron chi connectivity index (χ3n) is 3.02. The monoisotopic (exact) mass is 214 g/mol. The van der Waals surface area contributed by atoms with Crippen LogP contribution in [0, 0.1) is 0 Å². The van der Waals surface area contributed by atoms with E-state index in [-0.39, 0.29) is 5.54 Å². The van der Waals surface area contributed by atoms with Crippen molar-refractivity contribution in [3.63, 3.8) is 0 Å². The third-order valence-corrected chi connectivity index (χ3v) is 3.02. The maximum absolute atomic E-state index is 6.35. The Kier molecular flexibility index (Phi) is 2.84. The van der Waals surface area contributed by atoms with E-state index in [1.807, 2.05) is 26.2 Å². The van der Waals surface area contributed by atoms with Crippen molar-refractivity contribution in [2.24, 2.45) is 5.73 Å². The summed E-state index contributed by atoms with van der Waals surface area (Å²) in [5, 5.41) is 0. The summed E-state index contributed by atoms with van der Waals surface area (Å²) < 4.78 is 0. The Bertz CT molecular complexity index is 415. The molecule has 16 heavy (non-hydrogen) atoms. The second kappa shape index (κ2) is 4.14. The number of hydrogen-bond donors (Lipinski definition) is 1. The van der Waals surface area contributed by atoms with E-state index < -0.39 is 0 Å². The van der Waals surface area contributed by atoms with Gasteiger partial charge in [-0.25, -0.2) is 0 Å². The van der Waals surface area contributed by atoms with E-state index in [0.29, 0.717) is 0 Å². The van der Waals surface area contributed by atoms with Gasteiger partial charge in [0.05, 0.1) is 5.54 Å². The maximum atomic E-state index is 6.35. The highest BCUT2D eigenvalue weighted by molar-refractivity contribution is 5.48. The summed E-state index contributed by atoms with van der Waals surface area (Å²) >= 11 is 0. The molecular weight excluding hydrogens is 196 g/mol. The molecule has 0 aliphatic heterocycles. The zero-order valence-electron chi connectivity index (χ0n) is 9.85. The first-order valence-electron chi connectivity index (χ1n) is 5.53. The molecule has 2 rings (SSSR count). The van der Waals surface area contributed by atoms with E-state index in [1.165, 1.54) is 11.3 Å². The molecule has 1 aromatic rings. The van der Waals surface area contributed by atoms with Gasteiger partial charge in [-0.1, -0.05) is 36.4 Å². The second-order valence-corrected chi connectivity index (χ2v) is 4.47. The van der Waals surface area contributed by atoms with Gasteiger partial charge in [0.15, 0.2) is 0 Å². The lowest BCUT2D eigenvalue weighted by Gasteiger charge is -2.27. The first kappa shape index (κ1) is 11.0. The molecule has 0 saturated carbocycles. The van der Waals surface area contributed by atoms with E-state index in [2.05, 4.69) is 41.3 Å². The summed E-state index contributed by atoms with van der Waals surface area (Å²) in [4.78, 5) is 2.09. The minimum Gasteiger partial charge on any atom is -0.378 e. The predicted molar refractivity (Wildman–Crippen MR) is 69.5 cm³/mol. The van der Waals surface area contributed by atoms with Crippen LogP contribution < -0.4 is 10.6 Å². The first-order chi connectivity index (χ1) is 7.62. The van der Waals surface area contributed by atoms with Gasteiger partial charge in [-0.15, -0.1) is 0 Å². The van der Waals surface area contributed by atoms with Crippen molar-refractivity contribution in [1.82, 2.24) is 0 Å². The molecule has 0 aromatic heterocycles. The number of anilines is 1. The topological polar surface area (TPSA) is 29.3 Å². The molecule has 2 heteroatoms. The van der Waals surface area contributed by atoms with E-state index in [1.54, 1.807) is 0 Å². The van der Waals surface area contributed by atoms with Crippen molar-refractivity contribution in [2.45, 2.75) is 12.0 Å². The smallest absolute Gasteiger partial charge is 0.0633 e. The lowest BCUT2D eigenvalue weighted by atomic mass is 9.85. The number of rotatable bonds is 2. The van der Waals surface area contributed by atoms with E-state index in [9.17, 15) is 0 Å². The molecule has 2 N–H and O–H groups in total. The normalized spacial score (nSPS) is 23.4. The number of hydrogen-bond acceptors (Lipinski definition) is 2. The van der Waals surface area contributed by atoms with Crippen LogP contribution in [0.15, 0.2) is 48.6 Å². The fourth-order valence-corrected chi connectivity index (χ4v) is 1.92. The summed E-state index contributed by atoms with van der Waals surface area (Å²) in [7, 11) is 4.08. The zero-order valence-corrected chi connectivity index (χ0v) is 9.85. The van der Waals surface area contributed by atoms with Crippen LogP contribution in [0.1, 0.15) is 12.0 Å². The molecule has 1 aromatic carbocycles. The quantitative estimate of drug-likeness (QED) is 0.819. The second-order valence-electron chi connectivity index (χ2n) is 4.47. The molecular formula is C14H18N2. The number of benzene rings is 1. The molecule has 1 aliphatic carbocycles.